The fourth-order valence-electron chi connectivity index (χ4n) is 2.55. The first-order chi connectivity index (χ1) is 8.69. The van der Waals surface area contributed by atoms with Crippen molar-refractivity contribution in [3.63, 3.8) is 0 Å². The Bertz CT molecular complexity index is 352. The highest BCUT2D eigenvalue weighted by molar-refractivity contribution is 5.37. The molecule has 3 unspecified atom stereocenters. The molecule has 1 aliphatic rings. The van der Waals surface area contributed by atoms with Gasteiger partial charge in [0.15, 0.2) is 0 Å². The van der Waals surface area contributed by atoms with Crippen LogP contribution in [0.5, 0.6) is 5.75 Å². The minimum absolute atomic E-state index is 0.307. The van der Waals surface area contributed by atoms with Crippen molar-refractivity contribution < 1.29 is 4.74 Å². The van der Waals surface area contributed by atoms with E-state index in [-0.39, 0.29) is 0 Å². The normalized spacial score (nSPS) is 21.2. The third kappa shape index (κ3) is 3.49. The molecule has 1 aromatic carbocycles. The molecule has 0 saturated carbocycles. The van der Waals surface area contributed by atoms with Crippen LogP contribution in [0.2, 0.25) is 0 Å². The lowest BCUT2D eigenvalue weighted by Gasteiger charge is -2.19. The molecular weight excluding hydrogens is 222 g/mol. The van der Waals surface area contributed by atoms with E-state index in [0.29, 0.717) is 12.1 Å². The molecule has 0 aromatic heterocycles. The SMILES string of the molecule is CCC(C)CC(C)NCC1Cc2ccccc2O1. The number of nitrogens with one attached hydrogen (secondary N) is 1. The molecule has 0 fully saturated rings. The second kappa shape index (κ2) is 6.24. The van der Waals surface area contributed by atoms with Gasteiger partial charge in [0, 0.05) is 19.0 Å². The van der Waals surface area contributed by atoms with Gasteiger partial charge in [0.2, 0.25) is 0 Å². The molecule has 0 amide bonds. The lowest BCUT2D eigenvalue weighted by molar-refractivity contribution is 0.219. The van der Waals surface area contributed by atoms with Crippen molar-refractivity contribution in [2.45, 2.75) is 52.2 Å². The molecule has 0 spiro atoms. The molecule has 1 aromatic rings. The zero-order valence-electron chi connectivity index (χ0n) is 11.8. The van der Waals surface area contributed by atoms with Gasteiger partial charge < -0.3 is 10.1 Å². The molecule has 0 saturated heterocycles. The average Bonchev–Trinajstić information content (AvgIpc) is 2.79. The lowest BCUT2D eigenvalue weighted by Crippen LogP contribution is -2.36. The Balaban J connectivity index is 1.73. The van der Waals surface area contributed by atoms with Crippen LogP contribution in [0, 0.1) is 5.92 Å². The molecule has 3 atom stereocenters. The smallest absolute Gasteiger partial charge is 0.123 e. The number of para-hydroxylation sites is 1. The molecule has 2 nitrogen and oxygen atoms in total. The molecule has 2 rings (SSSR count). The van der Waals surface area contributed by atoms with Gasteiger partial charge in [-0.15, -0.1) is 0 Å². The van der Waals surface area contributed by atoms with Crippen molar-refractivity contribution >= 4 is 0 Å². The van der Waals surface area contributed by atoms with Gasteiger partial charge >= 0.3 is 0 Å². The van der Waals surface area contributed by atoms with Crippen LogP contribution >= 0.6 is 0 Å². The quantitative estimate of drug-likeness (QED) is 0.832. The van der Waals surface area contributed by atoms with Crippen LogP contribution in [-0.4, -0.2) is 18.7 Å². The highest BCUT2D eigenvalue weighted by atomic mass is 16.5. The topological polar surface area (TPSA) is 21.3 Å². The van der Waals surface area contributed by atoms with E-state index in [2.05, 4.69) is 44.3 Å². The van der Waals surface area contributed by atoms with Crippen molar-refractivity contribution in [2.24, 2.45) is 5.92 Å². The lowest BCUT2D eigenvalue weighted by atomic mass is 10.0. The van der Waals surface area contributed by atoms with E-state index >= 15 is 0 Å². The van der Waals surface area contributed by atoms with Crippen molar-refractivity contribution in [1.29, 1.82) is 0 Å². The third-order valence-corrected chi connectivity index (χ3v) is 3.86. The maximum atomic E-state index is 5.93. The van der Waals surface area contributed by atoms with E-state index < -0.39 is 0 Å². The van der Waals surface area contributed by atoms with Crippen molar-refractivity contribution in [3.8, 4) is 5.75 Å². The minimum Gasteiger partial charge on any atom is -0.488 e. The second-order valence-corrected chi connectivity index (χ2v) is 5.61. The number of benzene rings is 1. The molecule has 1 N–H and O–H groups in total. The Morgan fingerprint density at radius 1 is 1.33 bits per heavy atom. The van der Waals surface area contributed by atoms with E-state index in [0.717, 1.165) is 24.6 Å². The summed E-state index contributed by atoms with van der Waals surface area (Å²) in [6.45, 7) is 7.80. The van der Waals surface area contributed by atoms with Crippen LogP contribution in [0.25, 0.3) is 0 Å². The average molecular weight is 247 g/mol. The molecule has 0 aliphatic carbocycles. The van der Waals surface area contributed by atoms with Gasteiger partial charge in [-0.1, -0.05) is 38.5 Å². The van der Waals surface area contributed by atoms with E-state index in [1.54, 1.807) is 0 Å². The van der Waals surface area contributed by atoms with E-state index in [1.165, 1.54) is 18.4 Å². The van der Waals surface area contributed by atoms with Crippen LogP contribution in [0.15, 0.2) is 24.3 Å². The predicted octanol–water partition coefficient (Wildman–Crippen LogP) is 3.40. The first-order valence-corrected chi connectivity index (χ1v) is 7.17. The first kappa shape index (κ1) is 13.4. The fourth-order valence-corrected chi connectivity index (χ4v) is 2.55. The van der Waals surface area contributed by atoms with E-state index in [9.17, 15) is 0 Å². The highest BCUT2D eigenvalue weighted by Crippen LogP contribution is 2.27. The van der Waals surface area contributed by atoms with Crippen LogP contribution in [0.4, 0.5) is 0 Å². The molecular formula is C16H25NO. The molecule has 0 radical (unpaired) electrons. The van der Waals surface area contributed by atoms with Crippen LogP contribution in [0.3, 0.4) is 0 Å². The third-order valence-electron chi connectivity index (χ3n) is 3.86. The van der Waals surface area contributed by atoms with Gasteiger partial charge in [-0.3, -0.25) is 0 Å². The summed E-state index contributed by atoms with van der Waals surface area (Å²) < 4.78 is 5.93. The van der Waals surface area contributed by atoms with Crippen LogP contribution < -0.4 is 10.1 Å². The van der Waals surface area contributed by atoms with Gasteiger partial charge in [0.25, 0.3) is 0 Å². The van der Waals surface area contributed by atoms with Crippen molar-refractivity contribution in [3.05, 3.63) is 29.8 Å². The first-order valence-electron chi connectivity index (χ1n) is 7.17. The summed E-state index contributed by atoms with van der Waals surface area (Å²) in [5.41, 5.74) is 1.35. The maximum Gasteiger partial charge on any atom is 0.123 e. The van der Waals surface area contributed by atoms with Crippen molar-refractivity contribution in [2.75, 3.05) is 6.54 Å². The Morgan fingerprint density at radius 2 is 2.11 bits per heavy atom. The van der Waals surface area contributed by atoms with Crippen LogP contribution in [-0.2, 0) is 6.42 Å². The largest absolute Gasteiger partial charge is 0.488 e. The second-order valence-electron chi connectivity index (χ2n) is 5.61. The Hall–Kier alpha value is -1.02. The van der Waals surface area contributed by atoms with Crippen LogP contribution in [0.1, 0.15) is 39.2 Å². The molecule has 18 heavy (non-hydrogen) atoms. The number of hydrogen-bond acceptors (Lipinski definition) is 2. The number of fused-ring (bicyclic) bond motifs is 1. The van der Waals surface area contributed by atoms with Gasteiger partial charge in [-0.25, -0.2) is 0 Å². The van der Waals surface area contributed by atoms with E-state index in [1.807, 2.05) is 6.07 Å². The Kier molecular flexibility index (Phi) is 4.65. The van der Waals surface area contributed by atoms with Gasteiger partial charge in [-0.05, 0) is 30.9 Å². The summed E-state index contributed by atoms with van der Waals surface area (Å²) in [5.74, 6) is 1.87. The molecule has 1 aliphatic heterocycles. The van der Waals surface area contributed by atoms with E-state index in [4.69, 9.17) is 4.74 Å². The Labute approximate surface area is 111 Å². The summed E-state index contributed by atoms with van der Waals surface area (Å²) in [5, 5.41) is 3.60. The highest BCUT2D eigenvalue weighted by Gasteiger charge is 2.22. The van der Waals surface area contributed by atoms with Gasteiger partial charge in [0.05, 0.1) is 0 Å². The monoisotopic (exact) mass is 247 g/mol. The fraction of sp³-hybridized carbons (Fsp3) is 0.625. The maximum absolute atomic E-state index is 5.93. The zero-order chi connectivity index (χ0) is 13.0. The summed E-state index contributed by atoms with van der Waals surface area (Å²) >= 11 is 0. The standard InChI is InChI=1S/C16H25NO/c1-4-12(2)9-13(3)17-11-15-10-14-7-5-6-8-16(14)18-15/h5-8,12-13,15,17H,4,9-11H2,1-3H3. The number of ether oxygens (including phenoxy) is 1. The summed E-state index contributed by atoms with van der Waals surface area (Å²) in [6.07, 6.45) is 3.86. The predicted molar refractivity (Wildman–Crippen MR) is 76.1 cm³/mol. The van der Waals surface area contributed by atoms with Gasteiger partial charge in [-0.2, -0.15) is 0 Å². The summed E-state index contributed by atoms with van der Waals surface area (Å²) in [6, 6.07) is 8.94. The minimum atomic E-state index is 0.307. The summed E-state index contributed by atoms with van der Waals surface area (Å²) in [7, 11) is 0. The van der Waals surface area contributed by atoms with Crippen molar-refractivity contribution in [1.82, 2.24) is 5.32 Å². The zero-order valence-corrected chi connectivity index (χ0v) is 11.8. The molecule has 1 heterocycles. The number of hydrogen-bond donors (Lipinski definition) is 1. The number of rotatable bonds is 6. The summed E-state index contributed by atoms with van der Waals surface area (Å²) in [4.78, 5) is 0. The molecule has 2 heteroatoms. The Morgan fingerprint density at radius 3 is 2.83 bits per heavy atom. The van der Waals surface area contributed by atoms with Gasteiger partial charge in [0.1, 0.15) is 11.9 Å². The molecule has 0 bridgehead atoms. The molecule has 100 valence electrons.